The Kier molecular flexibility index (Phi) is 5.05. The first-order chi connectivity index (χ1) is 7.46. The van der Waals surface area contributed by atoms with E-state index in [4.69, 9.17) is 5.73 Å². The number of nitrogens with zero attached hydrogens (tertiary/aromatic N) is 1. The van der Waals surface area contributed by atoms with Gasteiger partial charge in [0.2, 0.25) is 0 Å². The fraction of sp³-hybridized carbons (Fsp3) is 1.00. The van der Waals surface area contributed by atoms with Gasteiger partial charge < -0.3 is 5.73 Å². The molecule has 0 amide bonds. The van der Waals surface area contributed by atoms with Crippen molar-refractivity contribution in [3.63, 3.8) is 0 Å². The molecule has 2 N–H and O–H groups in total. The molecule has 1 rings (SSSR count). The Labute approximate surface area is 95.0 Å². The molecule has 1 saturated heterocycles. The van der Waals surface area contributed by atoms with Crippen molar-refractivity contribution in [2.24, 2.45) is 5.73 Å². The minimum absolute atomic E-state index is 0.00778. The molecule has 0 aliphatic carbocycles. The van der Waals surface area contributed by atoms with E-state index in [0.717, 1.165) is 25.7 Å². The SMILES string of the molecule is CC1CCCCCN1C(CCN)C(F)(F)F. The van der Waals surface area contributed by atoms with E-state index in [9.17, 15) is 13.2 Å². The second-order valence-corrected chi connectivity index (χ2v) is 4.57. The van der Waals surface area contributed by atoms with Crippen molar-refractivity contribution in [2.45, 2.75) is 57.3 Å². The van der Waals surface area contributed by atoms with Crippen LogP contribution < -0.4 is 5.73 Å². The van der Waals surface area contributed by atoms with E-state index in [2.05, 4.69) is 0 Å². The molecule has 0 aromatic carbocycles. The molecule has 1 aliphatic heterocycles. The van der Waals surface area contributed by atoms with E-state index in [0.29, 0.717) is 6.54 Å². The molecular formula is C11H21F3N2. The van der Waals surface area contributed by atoms with Crippen LogP contribution in [0.2, 0.25) is 0 Å². The summed E-state index contributed by atoms with van der Waals surface area (Å²) in [6, 6.07) is -1.34. The van der Waals surface area contributed by atoms with Gasteiger partial charge in [-0.1, -0.05) is 12.8 Å². The molecule has 0 aromatic rings. The second kappa shape index (κ2) is 5.87. The highest BCUT2D eigenvalue weighted by Crippen LogP contribution is 2.31. The lowest BCUT2D eigenvalue weighted by molar-refractivity contribution is -0.190. The van der Waals surface area contributed by atoms with E-state index >= 15 is 0 Å². The van der Waals surface area contributed by atoms with Gasteiger partial charge in [-0.15, -0.1) is 0 Å². The smallest absolute Gasteiger partial charge is 0.330 e. The van der Waals surface area contributed by atoms with Crippen LogP contribution >= 0.6 is 0 Å². The van der Waals surface area contributed by atoms with Crippen molar-refractivity contribution in [1.29, 1.82) is 0 Å². The zero-order valence-corrected chi connectivity index (χ0v) is 9.76. The molecule has 96 valence electrons. The largest absolute Gasteiger partial charge is 0.404 e. The summed E-state index contributed by atoms with van der Waals surface area (Å²) in [5.41, 5.74) is 5.29. The molecule has 1 aliphatic rings. The fourth-order valence-corrected chi connectivity index (χ4v) is 2.44. The number of alkyl halides is 3. The van der Waals surface area contributed by atoms with E-state index in [1.54, 1.807) is 4.90 Å². The standard InChI is InChI=1S/C11H21F3N2/c1-9-5-3-2-4-8-16(9)10(6-7-15)11(12,13)14/h9-10H,2-8,15H2,1H3. The van der Waals surface area contributed by atoms with E-state index in [1.807, 2.05) is 6.92 Å². The molecule has 1 fully saturated rings. The summed E-state index contributed by atoms with van der Waals surface area (Å²) in [6.07, 6.45) is -0.358. The Morgan fingerprint density at radius 3 is 2.56 bits per heavy atom. The maximum atomic E-state index is 12.9. The van der Waals surface area contributed by atoms with Crippen LogP contribution in [0, 0.1) is 0 Å². The summed E-state index contributed by atoms with van der Waals surface area (Å²) in [5.74, 6) is 0. The minimum Gasteiger partial charge on any atom is -0.330 e. The topological polar surface area (TPSA) is 29.3 Å². The van der Waals surface area contributed by atoms with E-state index < -0.39 is 12.2 Å². The molecule has 5 heteroatoms. The lowest BCUT2D eigenvalue weighted by Gasteiger charge is -2.36. The summed E-state index contributed by atoms with van der Waals surface area (Å²) < 4.78 is 38.7. The molecule has 2 atom stereocenters. The zero-order valence-electron chi connectivity index (χ0n) is 9.76. The van der Waals surface area contributed by atoms with Crippen molar-refractivity contribution in [1.82, 2.24) is 4.90 Å². The zero-order chi connectivity index (χ0) is 12.2. The third-order valence-corrected chi connectivity index (χ3v) is 3.32. The molecule has 2 nitrogen and oxygen atoms in total. The molecule has 0 saturated carbocycles. The molecule has 0 spiro atoms. The van der Waals surface area contributed by atoms with Gasteiger partial charge in [0.05, 0.1) is 0 Å². The summed E-state index contributed by atoms with van der Waals surface area (Å²) in [5, 5.41) is 0. The van der Waals surface area contributed by atoms with Crippen molar-refractivity contribution in [3.05, 3.63) is 0 Å². The van der Waals surface area contributed by atoms with Crippen LogP contribution in [0.5, 0.6) is 0 Å². The molecule has 1 heterocycles. The molecule has 0 bridgehead atoms. The third-order valence-electron chi connectivity index (χ3n) is 3.32. The van der Waals surface area contributed by atoms with Crippen LogP contribution in [0.1, 0.15) is 39.0 Å². The monoisotopic (exact) mass is 238 g/mol. The number of hydrogen-bond acceptors (Lipinski definition) is 2. The van der Waals surface area contributed by atoms with Gasteiger partial charge in [-0.05, 0) is 39.3 Å². The van der Waals surface area contributed by atoms with Crippen molar-refractivity contribution in [3.8, 4) is 0 Å². The molecule has 16 heavy (non-hydrogen) atoms. The van der Waals surface area contributed by atoms with Gasteiger partial charge in [-0.2, -0.15) is 13.2 Å². The van der Waals surface area contributed by atoms with Gasteiger partial charge >= 0.3 is 6.18 Å². The number of likely N-dealkylation sites (tertiary alicyclic amines) is 1. The highest BCUT2D eigenvalue weighted by molar-refractivity contribution is 4.84. The maximum Gasteiger partial charge on any atom is 0.404 e. The molecule has 0 aromatic heterocycles. The normalized spacial score (nSPS) is 26.4. The fourth-order valence-electron chi connectivity index (χ4n) is 2.44. The third kappa shape index (κ3) is 3.63. The van der Waals surface area contributed by atoms with Crippen LogP contribution in [0.3, 0.4) is 0 Å². The number of hydrogen-bond donors (Lipinski definition) is 1. The van der Waals surface area contributed by atoms with Crippen molar-refractivity contribution >= 4 is 0 Å². The van der Waals surface area contributed by atoms with Crippen LogP contribution in [0.15, 0.2) is 0 Å². The lowest BCUT2D eigenvalue weighted by Crippen LogP contribution is -2.50. The number of nitrogens with two attached hydrogens (primary N) is 1. The summed E-state index contributed by atoms with van der Waals surface area (Å²) in [7, 11) is 0. The highest BCUT2D eigenvalue weighted by Gasteiger charge is 2.44. The Bertz CT molecular complexity index is 206. The molecular weight excluding hydrogens is 217 g/mol. The quantitative estimate of drug-likeness (QED) is 0.818. The number of rotatable bonds is 3. The van der Waals surface area contributed by atoms with Crippen LogP contribution in [-0.2, 0) is 0 Å². The first-order valence-electron chi connectivity index (χ1n) is 5.99. The summed E-state index contributed by atoms with van der Waals surface area (Å²) in [4.78, 5) is 1.60. The van der Waals surface area contributed by atoms with Gasteiger partial charge in [0.25, 0.3) is 0 Å². The van der Waals surface area contributed by atoms with E-state index in [-0.39, 0.29) is 19.0 Å². The lowest BCUT2D eigenvalue weighted by atomic mass is 10.1. The van der Waals surface area contributed by atoms with Gasteiger partial charge in [0.15, 0.2) is 0 Å². The van der Waals surface area contributed by atoms with Gasteiger partial charge in [0.1, 0.15) is 6.04 Å². The highest BCUT2D eigenvalue weighted by atomic mass is 19.4. The first-order valence-corrected chi connectivity index (χ1v) is 5.99. The van der Waals surface area contributed by atoms with Gasteiger partial charge in [-0.25, -0.2) is 0 Å². The minimum atomic E-state index is -4.15. The van der Waals surface area contributed by atoms with Crippen LogP contribution in [0.25, 0.3) is 0 Å². The van der Waals surface area contributed by atoms with E-state index in [1.165, 1.54) is 0 Å². The Morgan fingerprint density at radius 2 is 2.00 bits per heavy atom. The maximum absolute atomic E-state index is 12.9. The number of halogens is 3. The van der Waals surface area contributed by atoms with Crippen molar-refractivity contribution < 1.29 is 13.2 Å². The van der Waals surface area contributed by atoms with Gasteiger partial charge in [0, 0.05) is 6.04 Å². The average molecular weight is 238 g/mol. The van der Waals surface area contributed by atoms with Crippen molar-refractivity contribution in [2.75, 3.05) is 13.1 Å². The Balaban J connectivity index is 2.74. The molecule has 2 unspecified atom stereocenters. The first kappa shape index (κ1) is 13.8. The second-order valence-electron chi connectivity index (χ2n) is 4.57. The average Bonchev–Trinajstić information content (AvgIpc) is 2.38. The Hall–Kier alpha value is -0.290. The van der Waals surface area contributed by atoms with Crippen LogP contribution in [-0.4, -0.2) is 36.2 Å². The molecule has 0 radical (unpaired) electrons. The summed E-state index contributed by atoms with van der Waals surface area (Å²) in [6.45, 7) is 2.53. The Morgan fingerprint density at radius 1 is 1.31 bits per heavy atom. The van der Waals surface area contributed by atoms with Gasteiger partial charge in [-0.3, -0.25) is 4.90 Å². The predicted octanol–water partition coefficient (Wildman–Crippen LogP) is 2.53. The van der Waals surface area contributed by atoms with Crippen LogP contribution in [0.4, 0.5) is 13.2 Å². The summed E-state index contributed by atoms with van der Waals surface area (Å²) >= 11 is 0. The predicted molar refractivity (Wildman–Crippen MR) is 58.2 cm³/mol.